The lowest BCUT2D eigenvalue weighted by molar-refractivity contribution is -0.153. The van der Waals surface area contributed by atoms with Gasteiger partial charge in [-0.1, -0.05) is 109 Å². The van der Waals surface area contributed by atoms with E-state index < -0.39 is 25.6 Å². The van der Waals surface area contributed by atoms with Crippen LogP contribution < -0.4 is 28.4 Å². The van der Waals surface area contributed by atoms with E-state index in [0.717, 1.165) is 44.5 Å². The molecule has 0 aromatic heterocycles. The molecule has 0 unspecified atom stereocenters. The van der Waals surface area contributed by atoms with E-state index in [-0.39, 0.29) is 21.8 Å². The van der Waals surface area contributed by atoms with Crippen molar-refractivity contribution in [1.29, 1.82) is 0 Å². The molecule has 12 aromatic rings. The van der Waals surface area contributed by atoms with E-state index in [1.165, 1.54) is 238 Å². The molecule has 6 heterocycles. The largest absolute Gasteiger partial charge is 0.491 e. The second kappa shape index (κ2) is 47.9. The highest BCUT2D eigenvalue weighted by Gasteiger charge is 2.36. The Bertz CT molecular complexity index is 5270. The standard InChI is InChI=1S/C18H23O2S.C17H18F3OS.2C17H21O2S.C16H16F3OS.C16H19O2S/c1-19-11-12-20-17-9-10-18(21-13-5-2-6-14-21)16-8-4-3-7-15(16)17;18-17(19,20)12-21-15-8-9-16(22-10-4-1-5-11-22)14-7-3-2-6-13(14)15;1-18-13-19-16-9-10-17(20-11-5-2-6-12-20)15-8-4-3-7-14(15)16;1-18-10-11-19-16-8-9-17(20-12-4-5-13-20)15-7-3-2-6-14(15)16;17-16(18,19)11-20-14-7-8-15(21-9-3-4-10-21)13-6-2-1-5-12(13)14;1-17-12-18-15-8-9-16(19-10-4-5-11-19)14-7-3-2-6-13(14)15/h3-4,7-10H,2,5-6,11-14H2,1H3;2-3,6-9H,1,4-5,10-12H2;3-4,7-10H,2,5-6,11-13H2,1H3;2-3,6-9H,4-5,10-13H2,1H3;1-2,5-8H,3-4,9-11H2;2-3,6-9H,4-5,10-12H2,1H3/q6*+1. The average molecular weight is 1800 g/mol. The lowest BCUT2D eigenvalue weighted by Crippen LogP contribution is -2.20. The Labute approximate surface area is 739 Å². The van der Waals surface area contributed by atoms with Crippen LogP contribution in [-0.2, 0) is 84.3 Å². The normalized spacial score (nSPS) is 16.3. The molecular formula is C101H118F6O10S6+6. The van der Waals surface area contributed by atoms with Crippen LogP contribution in [0.2, 0.25) is 0 Å². The molecule has 10 nitrogen and oxygen atoms in total. The second-order valence-electron chi connectivity index (χ2n) is 30.9. The van der Waals surface area contributed by atoms with Gasteiger partial charge in [0.15, 0.2) is 56.2 Å². The van der Waals surface area contributed by atoms with Crippen LogP contribution >= 0.6 is 0 Å². The average Bonchev–Trinajstić information content (AvgIpc) is 1.06. The van der Waals surface area contributed by atoms with E-state index >= 15 is 0 Å². The van der Waals surface area contributed by atoms with Crippen LogP contribution in [0.15, 0.2) is 248 Å². The van der Waals surface area contributed by atoms with Crippen molar-refractivity contribution in [2.24, 2.45) is 0 Å². The molecule has 0 atom stereocenters. The first-order valence-corrected chi connectivity index (χ1v) is 52.6. The van der Waals surface area contributed by atoms with Crippen molar-refractivity contribution in [2.75, 3.05) is 151 Å². The highest BCUT2D eigenvalue weighted by Crippen LogP contribution is 2.42. The molecule has 0 radical (unpaired) electrons. The van der Waals surface area contributed by atoms with E-state index in [1.807, 2.05) is 60.7 Å². The van der Waals surface area contributed by atoms with Crippen molar-refractivity contribution < 1.29 is 73.7 Å². The van der Waals surface area contributed by atoms with Crippen LogP contribution in [-0.4, -0.2) is 163 Å². The summed E-state index contributed by atoms with van der Waals surface area (Å²) in [4.78, 5) is 8.63. The van der Waals surface area contributed by atoms with Crippen molar-refractivity contribution in [3.63, 3.8) is 0 Å². The molecule has 6 aliphatic heterocycles. The summed E-state index contributed by atoms with van der Waals surface area (Å²) in [6.45, 7) is 0.562. The summed E-state index contributed by atoms with van der Waals surface area (Å²) in [7, 11) is 8.85. The summed E-state index contributed by atoms with van der Waals surface area (Å²) >= 11 is 0. The van der Waals surface area contributed by atoms with Gasteiger partial charge in [-0.25, -0.2) is 0 Å². The molecule has 0 amide bonds. The van der Waals surface area contributed by atoms with Gasteiger partial charge in [-0.2, -0.15) is 26.3 Å². The van der Waals surface area contributed by atoms with E-state index in [0.29, 0.717) is 95.1 Å². The SMILES string of the molecule is COCCOc1ccc([S+]2CCCC2)c2ccccc12.COCCOc1ccc([S+]2CCCCC2)c2ccccc12.COCOc1ccc([S+]2CCCC2)c2ccccc12.COCOc1ccc([S+]2CCCCC2)c2ccccc12.FC(F)(F)COc1ccc([S+]2CCCC2)c2ccccc12.FC(F)(F)COc1ccc([S+]2CCCCC2)c2ccccc12. The third-order valence-electron chi connectivity index (χ3n) is 22.4. The molecule has 0 bridgehead atoms. The van der Waals surface area contributed by atoms with Gasteiger partial charge in [0.05, 0.1) is 13.2 Å². The minimum atomic E-state index is -4.31. The van der Waals surface area contributed by atoms with E-state index in [1.54, 1.807) is 40.6 Å². The van der Waals surface area contributed by atoms with Gasteiger partial charge < -0.3 is 47.4 Å². The fourth-order valence-electron chi connectivity index (χ4n) is 16.5. The molecule has 12 aromatic carbocycles. The molecule has 22 heteroatoms. The third-order valence-corrected chi connectivity index (χ3v) is 37.7. The predicted octanol–water partition coefficient (Wildman–Crippen LogP) is 24.7. The predicted molar refractivity (Wildman–Crippen MR) is 508 cm³/mol. The van der Waals surface area contributed by atoms with Gasteiger partial charge in [-0.05, 0) is 206 Å². The van der Waals surface area contributed by atoms with Crippen LogP contribution in [0.3, 0.4) is 0 Å². The quantitative estimate of drug-likeness (QED) is 0.0252. The Hall–Kier alpha value is -7.48. The maximum atomic E-state index is 12.4. The number of halogens is 6. The van der Waals surface area contributed by atoms with Crippen LogP contribution in [0.1, 0.15) is 96.3 Å². The van der Waals surface area contributed by atoms with Crippen molar-refractivity contribution in [1.82, 2.24) is 0 Å². The van der Waals surface area contributed by atoms with Crippen molar-refractivity contribution >= 4 is 130 Å². The van der Waals surface area contributed by atoms with Gasteiger partial charge in [-0.15, -0.1) is 0 Å². The zero-order chi connectivity index (χ0) is 85.6. The Balaban J connectivity index is 0.000000127. The van der Waals surface area contributed by atoms with Crippen molar-refractivity contribution in [3.8, 4) is 34.5 Å². The van der Waals surface area contributed by atoms with E-state index in [9.17, 15) is 26.3 Å². The van der Waals surface area contributed by atoms with Crippen molar-refractivity contribution in [2.45, 2.75) is 138 Å². The Morgan fingerprint density at radius 3 is 0.569 bits per heavy atom. The monoisotopic (exact) mass is 1800 g/mol. The lowest BCUT2D eigenvalue weighted by Gasteiger charge is -2.17. The molecule has 0 spiro atoms. The second-order valence-corrected chi connectivity index (χ2v) is 44.4. The Morgan fingerprint density at radius 2 is 0.382 bits per heavy atom. The third kappa shape index (κ3) is 26.1. The van der Waals surface area contributed by atoms with Crippen LogP contribution in [0, 0.1) is 0 Å². The highest BCUT2D eigenvalue weighted by molar-refractivity contribution is 7.98. The zero-order valence-electron chi connectivity index (χ0n) is 71.3. The summed E-state index contributed by atoms with van der Waals surface area (Å²) in [6.07, 6.45) is 11.4. The molecule has 654 valence electrons. The number of hydrogen-bond donors (Lipinski definition) is 0. The summed E-state index contributed by atoms with van der Waals surface area (Å²) in [5, 5.41) is 14.0. The summed E-state index contributed by atoms with van der Waals surface area (Å²) < 4.78 is 127. The number of methoxy groups -OCH3 is 4. The molecule has 0 aliphatic carbocycles. The molecule has 18 rings (SSSR count). The molecular weight excluding hydrogens is 1680 g/mol. The van der Waals surface area contributed by atoms with E-state index in [4.69, 9.17) is 47.4 Å². The minimum Gasteiger partial charge on any atom is -0.491 e. The number of alkyl halides is 6. The number of ether oxygens (including phenoxy) is 10. The minimum absolute atomic E-state index is 0.210. The van der Waals surface area contributed by atoms with Gasteiger partial charge in [0, 0.05) is 158 Å². The van der Waals surface area contributed by atoms with Crippen LogP contribution in [0.4, 0.5) is 26.3 Å². The summed E-state index contributed by atoms with van der Waals surface area (Å²) in [5.74, 6) is 20.0. The van der Waals surface area contributed by atoms with E-state index in [2.05, 4.69) is 146 Å². The highest BCUT2D eigenvalue weighted by atomic mass is 32.2. The number of benzene rings is 12. The fourth-order valence-corrected chi connectivity index (χ4v) is 31.5. The van der Waals surface area contributed by atoms with Gasteiger partial charge >= 0.3 is 12.4 Å². The lowest BCUT2D eigenvalue weighted by atomic mass is 10.1. The topological polar surface area (TPSA) is 92.3 Å². The maximum absolute atomic E-state index is 12.4. The summed E-state index contributed by atoms with van der Waals surface area (Å²) in [5.41, 5.74) is 0. The fraction of sp³-hybridized carbons (Fsp3) is 0.406. The first-order chi connectivity index (χ1) is 60.2. The van der Waals surface area contributed by atoms with Crippen molar-refractivity contribution in [3.05, 3.63) is 218 Å². The first kappa shape index (κ1) is 93.2. The van der Waals surface area contributed by atoms with Gasteiger partial charge in [0.1, 0.15) is 117 Å². The number of hydrogen-bond acceptors (Lipinski definition) is 10. The Kier molecular flexibility index (Phi) is 36.3. The maximum Gasteiger partial charge on any atom is 0.422 e. The number of rotatable bonds is 24. The summed E-state index contributed by atoms with van der Waals surface area (Å²) in [6, 6.07) is 74.5. The van der Waals surface area contributed by atoms with Gasteiger partial charge in [0.25, 0.3) is 0 Å². The van der Waals surface area contributed by atoms with Gasteiger partial charge in [0.2, 0.25) is 0 Å². The Morgan fingerprint density at radius 1 is 0.203 bits per heavy atom. The molecule has 0 saturated carbocycles. The van der Waals surface area contributed by atoms with Gasteiger partial charge in [-0.3, -0.25) is 0 Å². The molecule has 6 saturated heterocycles. The van der Waals surface area contributed by atoms with Crippen LogP contribution in [0.5, 0.6) is 34.5 Å². The van der Waals surface area contributed by atoms with Crippen LogP contribution in [0.25, 0.3) is 64.6 Å². The molecule has 0 N–H and O–H groups in total. The molecule has 6 aliphatic rings. The molecule has 123 heavy (non-hydrogen) atoms. The smallest absolute Gasteiger partial charge is 0.422 e. The number of fused-ring (bicyclic) bond motifs is 6. The first-order valence-electron chi connectivity index (χ1n) is 43.2. The molecule has 6 fully saturated rings. The zero-order valence-corrected chi connectivity index (χ0v) is 76.2.